The highest BCUT2D eigenvalue weighted by atomic mass is 19.1. The number of hydrogen-bond acceptors (Lipinski definition) is 4. The summed E-state index contributed by atoms with van der Waals surface area (Å²) in [5, 5.41) is 7.00. The van der Waals surface area contributed by atoms with Gasteiger partial charge >= 0.3 is 0 Å². The van der Waals surface area contributed by atoms with Crippen LogP contribution in [0.2, 0.25) is 0 Å². The summed E-state index contributed by atoms with van der Waals surface area (Å²) < 4.78 is 16.6. The van der Waals surface area contributed by atoms with Gasteiger partial charge < -0.3 is 11.1 Å². The number of anilines is 1. The van der Waals surface area contributed by atoms with Gasteiger partial charge in [-0.25, -0.2) is 9.37 Å². The lowest BCUT2D eigenvalue weighted by Gasteiger charge is -2.11. The molecule has 0 atom stereocenters. The van der Waals surface area contributed by atoms with E-state index in [2.05, 4.69) is 15.4 Å². The highest BCUT2D eigenvalue weighted by Gasteiger charge is 2.15. The number of nitrogens with zero attached hydrogens (tertiary/aromatic N) is 3. The first-order valence-electron chi connectivity index (χ1n) is 9.80. The monoisotopic (exact) mass is 415 g/mol. The van der Waals surface area contributed by atoms with Gasteiger partial charge in [0.1, 0.15) is 11.6 Å². The molecule has 1 amide bonds. The number of nitrogens with one attached hydrogen (secondary N) is 1. The van der Waals surface area contributed by atoms with E-state index in [0.29, 0.717) is 17.7 Å². The van der Waals surface area contributed by atoms with Crippen molar-refractivity contribution in [2.45, 2.75) is 13.5 Å². The molecular formula is C24H22FN5O. The van der Waals surface area contributed by atoms with E-state index in [4.69, 9.17) is 5.73 Å². The molecule has 2 aromatic carbocycles. The molecule has 0 bridgehead atoms. The Bertz CT molecular complexity index is 1250. The topological polar surface area (TPSA) is 85.8 Å². The van der Waals surface area contributed by atoms with Crippen molar-refractivity contribution < 1.29 is 9.18 Å². The summed E-state index contributed by atoms with van der Waals surface area (Å²) in [5.41, 5.74) is 10.9. The minimum absolute atomic E-state index is 0.0227. The Morgan fingerprint density at radius 1 is 1.06 bits per heavy atom. The number of carbonyl (C=O) groups excluding carboxylic acids is 1. The highest BCUT2D eigenvalue weighted by molar-refractivity contribution is 5.95. The van der Waals surface area contributed by atoms with Crippen molar-refractivity contribution in [2.75, 3.05) is 5.73 Å². The number of benzene rings is 2. The Hall–Kier alpha value is -4.00. The normalized spacial score (nSPS) is 10.8. The van der Waals surface area contributed by atoms with E-state index in [1.807, 2.05) is 50.4 Å². The number of aromatic nitrogens is 3. The summed E-state index contributed by atoms with van der Waals surface area (Å²) in [6, 6.07) is 15.8. The number of hydrogen-bond donors (Lipinski definition) is 2. The van der Waals surface area contributed by atoms with Gasteiger partial charge in [0.2, 0.25) is 0 Å². The lowest BCUT2D eigenvalue weighted by molar-refractivity contribution is 0.0947. The minimum atomic E-state index is -0.620. The van der Waals surface area contributed by atoms with Gasteiger partial charge in [-0.1, -0.05) is 36.4 Å². The number of halogens is 1. The summed E-state index contributed by atoms with van der Waals surface area (Å²) in [5.74, 6) is -0.810. The van der Waals surface area contributed by atoms with Crippen molar-refractivity contribution in [1.29, 1.82) is 0 Å². The van der Waals surface area contributed by atoms with Crippen LogP contribution in [0.15, 0.2) is 67.0 Å². The molecule has 0 aliphatic rings. The van der Waals surface area contributed by atoms with Crippen LogP contribution in [0.3, 0.4) is 0 Å². The van der Waals surface area contributed by atoms with Crippen LogP contribution < -0.4 is 11.1 Å². The zero-order valence-electron chi connectivity index (χ0n) is 17.3. The van der Waals surface area contributed by atoms with Crippen molar-refractivity contribution >= 4 is 11.7 Å². The Labute approximate surface area is 179 Å². The molecule has 0 unspecified atom stereocenters. The van der Waals surface area contributed by atoms with E-state index >= 15 is 0 Å². The molecule has 0 saturated heterocycles. The second-order valence-electron chi connectivity index (χ2n) is 7.29. The fourth-order valence-electron chi connectivity index (χ4n) is 3.38. The summed E-state index contributed by atoms with van der Waals surface area (Å²) in [7, 11) is 1.86. The standard InChI is InChI=1S/C24H22FN5O/c1-15-21(14-29-30(15)2)18-10-20(23(26)27-13-18)17-8-9-19(22(25)11-17)24(31)28-12-16-6-4-3-5-7-16/h3-11,13-14H,12H2,1-2H3,(H2,26,27)(H,28,31). The molecule has 0 radical (unpaired) electrons. The van der Waals surface area contributed by atoms with Crippen LogP contribution in [-0.4, -0.2) is 20.7 Å². The SMILES string of the molecule is Cc1c(-c2cnc(N)c(-c3ccc(C(=O)NCc4ccccc4)c(F)c3)c2)cnn1C. The van der Waals surface area contributed by atoms with E-state index in [1.165, 1.54) is 12.1 Å². The molecule has 31 heavy (non-hydrogen) atoms. The van der Waals surface area contributed by atoms with Crippen LogP contribution in [0.4, 0.5) is 10.2 Å². The molecule has 3 N–H and O–H groups in total. The fraction of sp³-hybridized carbons (Fsp3) is 0.125. The summed E-state index contributed by atoms with van der Waals surface area (Å²) >= 11 is 0. The zero-order valence-corrected chi connectivity index (χ0v) is 17.3. The third-order valence-electron chi connectivity index (χ3n) is 5.29. The minimum Gasteiger partial charge on any atom is -0.383 e. The van der Waals surface area contributed by atoms with Crippen LogP contribution >= 0.6 is 0 Å². The Kier molecular flexibility index (Phi) is 5.49. The molecular weight excluding hydrogens is 393 g/mol. The van der Waals surface area contributed by atoms with E-state index < -0.39 is 11.7 Å². The number of carbonyl (C=O) groups is 1. The Morgan fingerprint density at radius 2 is 1.84 bits per heavy atom. The number of nitrogen functional groups attached to an aromatic ring is 1. The summed E-state index contributed by atoms with van der Waals surface area (Å²) in [6.45, 7) is 2.28. The van der Waals surface area contributed by atoms with Gasteiger partial charge in [-0.3, -0.25) is 9.48 Å². The molecule has 0 aliphatic heterocycles. The summed E-state index contributed by atoms with van der Waals surface area (Å²) in [6.07, 6.45) is 3.43. The quantitative estimate of drug-likeness (QED) is 0.514. The maximum atomic E-state index is 14.8. The molecule has 4 aromatic rings. The molecule has 0 spiro atoms. The van der Waals surface area contributed by atoms with Gasteiger partial charge in [-0.05, 0) is 36.2 Å². The van der Waals surface area contributed by atoms with Gasteiger partial charge in [-0.15, -0.1) is 0 Å². The molecule has 0 saturated carbocycles. The van der Waals surface area contributed by atoms with Gasteiger partial charge in [0, 0.05) is 42.2 Å². The van der Waals surface area contributed by atoms with Gasteiger partial charge in [0.05, 0.1) is 11.8 Å². The van der Waals surface area contributed by atoms with Crippen molar-refractivity contribution in [3.05, 3.63) is 89.6 Å². The van der Waals surface area contributed by atoms with E-state index in [9.17, 15) is 9.18 Å². The number of aryl methyl sites for hydroxylation is 1. The summed E-state index contributed by atoms with van der Waals surface area (Å²) in [4.78, 5) is 16.7. The average Bonchev–Trinajstić information content (AvgIpc) is 3.11. The molecule has 7 heteroatoms. The van der Waals surface area contributed by atoms with Crippen molar-refractivity contribution in [1.82, 2.24) is 20.1 Å². The molecule has 2 heterocycles. The van der Waals surface area contributed by atoms with Crippen molar-refractivity contribution in [3.8, 4) is 22.3 Å². The molecule has 4 rings (SSSR count). The smallest absolute Gasteiger partial charge is 0.254 e. The average molecular weight is 415 g/mol. The predicted octanol–water partition coefficient (Wildman–Crippen LogP) is 4.11. The fourth-order valence-corrected chi connectivity index (χ4v) is 3.38. The van der Waals surface area contributed by atoms with Gasteiger partial charge in [0.25, 0.3) is 5.91 Å². The lowest BCUT2D eigenvalue weighted by Crippen LogP contribution is -2.23. The van der Waals surface area contributed by atoms with Gasteiger partial charge in [-0.2, -0.15) is 5.10 Å². The number of amides is 1. The molecule has 6 nitrogen and oxygen atoms in total. The maximum absolute atomic E-state index is 14.8. The van der Waals surface area contributed by atoms with Crippen LogP contribution in [-0.2, 0) is 13.6 Å². The third kappa shape index (κ3) is 4.16. The van der Waals surface area contributed by atoms with Crippen molar-refractivity contribution in [3.63, 3.8) is 0 Å². The highest BCUT2D eigenvalue weighted by Crippen LogP contribution is 2.31. The predicted molar refractivity (Wildman–Crippen MR) is 119 cm³/mol. The Balaban J connectivity index is 1.60. The van der Waals surface area contributed by atoms with Crippen molar-refractivity contribution in [2.24, 2.45) is 7.05 Å². The van der Waals surface area contributed by atoms with E-state index in [0.717, 1.165) is 22.4 Å². The first-order chi connectivity index (χ1) is 14.9. The Morgan fingerprint density at radius 3 is 2.52 bits per heavy atom. The largest absolute Gasteiger partial charge is 0.383 e. The molecule has 156 valence electrons. The number of pyridine rings is 1. The van der Waals surface area contributed by atoms with Crippen LogP contribution in [0, 0.1) is 12.7 Å². The van der Waals surface area contributed by atoms with Gasteiger partial charge in [0.15, 0.2) is 0 Å². The van der Waals surface area contributed by atoms with Crippen LogP contribution in [0.5, 0.6) is 0 Å². The second kappa shape index (κ2) is 8.39. The third-order valence-corrected chi connectivity index (χ3v) is 5.29. The van der Waals surface area contributed by atoms with Crippen LogP contribution in [0.25, 0.3) is 22.3 Å². The zero-order chi connectivity index (χ0) is 22.0. The number of nitrogens with two attached hydrogens (primary N) is 1. The first kappa shape index (κ1) is 20.3. The number of rotatable bonds is 5. The maximum Gasteiger partial charge on any atom is 0.254 e. The second-order valence-corrected chi connectivity index (χ2v) is 7.29. The van der Waals surface area contributed by atoms with E-state index in [-0.39, 0.29) is 11.4 Å². The molecule has 0 aliphatic carbocycles. The van der Waals surface area contributed by atoms with E-state index in [1.54, 1.807) is 23.1 Å². The lowest BCUT2D eigenvalue weighted by atomic mass is 10.00. The van der Waals surface area contributed by atoms with Crippen LogP contribution in [0.1, 0.15) is 21.6 Å². The molecule has 0 fully saturated rings. The molecule has 2 aromatic heterocycles. The first-order valence-corrected chi connectivity index (χ1v) is 9.80.